The second-order valence-electron chi connectivity index (χ2n) is 3.18. The number of hydrogen-bond donors (Lipinski definition) is 1. The van der Waals surface area contributed by atoms with Crippen LogP contribution in [0.5, 0.6) is 0 Å². The van der Waals surface area contributed by atoms with Crippen LogP contribution in [-0.4, -0.2) is 40.5 Å². The van der Waals surface area contributed by atoms with Crippen molar-refractivity contribution in [3.8, 4) is 0 Å². The molecule has 1 N–H and O–H groups in total. The van der Waals surface area contributed by atoms with Crippen molar-refractivity contribution in [2.45, 2.75) is 27.0 Å². The van der Waals surface area contributed by atoms with Gasteiger partial charge in [0.2, 0.25) is 0 Å². The third-order valence-electron chi connectivity index (χ3n) is 2.54. The number of hydrogen-bond acceptors (Lipinski definition) is 4. The van der Waals surface area contributed by atoms with Crippen LogP contribution < -0.4 is 0 Å². The van der Waals surface area contributed by atoms with Crippen molar-refractivity contribution in [1.29, 1.82) is 0 Å². The van der Waals surface area contributed by atoms with Crippen LogP contribution >= 0.6 is 0 Å². The van der Waals surface area contributed by atoms with Gasteiger partial charge in [-0.25, -0.2) is 0 Å². The Morgan fingerprint density at radius 3 is 1.87 bits per heavy atom. The van der Waals surface area contributed by atoms with E-state index in [4.69, 9.17) is 15.3 Å². The Labute approximate surface area is 90.1 Å². The Kier molecular flexibility index (Phi) is 8.90. The second-order valence-corrected chi connectivity index (χ2v) is 3.18. The lowest BCUT2D eigenvalue weighted by atomic mass is 10.3. The van der Waals surface area contributed by atoms with Crippen LogP contribution in [0.1, 0.15) is 20.8 Å². The largest absolute Gasteiger partial charge is 0.356 e. The van der Waals surface area contributed by atoms with Crippen LogP contribution in [0.15, 0.2) is 12.7 Å². The van der Waals surface area contributed by atoms with Crippen molar-refractivity contribution in [3.63, 3.8) is 0 Å². The van der Waals surface area contributed by atoms with Crippen molar-refractivity contribution in [2.75, 3.05) is 19.6 Å². The van der Waals surface area contributed by atoms with Crippen molar-refractivity contribution < 1.29 is 14.7 Å². The van der Waals surface area contributed by atoms with E-state index >= 15 is 0 Å². The zero-order valence-electron chi connectivity index (χ0n) is 9.55. The summed E-state index contributed by atoms with van der Waals surface area (Å²) < 4.78 is 0.726. The molecule has 0 aromatic heterocycles. The van der Waals surface area contributed by atoms with E-state index in [2.05, 4.69) is 20.4 Å². The molecule has 90 valence electrons. The Morgan fingerprint density at radius 1 is 1.47 bits per heavy atom. The maximum absolute atomic E-state index is 9.52. The molecule has 6 nitrogen and oxygen atoms in total. The van der Waals surface area contributed by atoms with Crippen LogP contribution in [-0.2, 0) is 0 Å². The highest BCUT2D eigenvalue weighted by Crippen LogP contribution is 2.10. The molecule has 0 spiro atoms. The van der Waals surface area contributed by atoms with Gasteiger partial charge < -0.3 is 20.4 Å². The minimum Gasteiger partial charge on any atom is -0.356 e. The summed E-state index contributed by atoms with van der Waals surface area (Å²) in [5, 5.41) is 24.3. The highest BCUT2D eigenvalue weighted by Gasteiger charge is 2.26. The first-order valence-electron chi connectivity index (χ1n) is 4.82. The molecular weight excluding hydrogens is 200 g/mol. The third kappa shape index (κ3) is 6.87. The first-order valence-corrected chi connectivity index (χ1v) is 4.82. The van der Waals surface area contributed by atoms with Crippen LogP contribution in [0.25, 0.3) is 0 Å². The zero-order valence-corrected chi connectivity index (χ0v) is 9.55. The molecular formula is C9H20N2O4. The highest BCUT2D eigenvalue weighted by atomic mass is 16.9. The predicted octanol–water partition coefficient (Wildman–Crippen LogP) is 1.13. The third-order valence-corrected chi connectivity index (χ3v) is 2.54. The lowest BCUT2D eigenvalue weighted by molar-refractivity contribution is -0.961. The minimum absolute atomic E-state index is 0.289. The minimum atomic E-state index is -1.75. The first-order chi connectivity index (χ1) is 6.86. The number of quaternary nitrogens is 1. The van der Waals surface area contributed by atoms with Gasteiger partial charge in [0.1, 0.15) is 0 Å². The monoisotopic (exact) mass is 220 g/mol. The Balaban J connectivity index is 0. The molecule has 0 rings (SSSR count). The number of nitrogens with zero attached hydrogens (tertiary/aromatic N) is 2. The smallest absolute Gasteiger partial charge is 0.187 e. The molecule has 0 heterocycles. The fraction of sp³-hybridized carbons (Fsp3) is 0.778. The average Bonchev–Trinajstić information content (AvgIpc) is 2.13. The molecule has 0 aliphatic rings. The van der Waals surface area contributed by atoms with Gasteiger partial charge in [0.25, 0.3) is 0 Å². The summed E-state index contributed by atoms with van der Waals surface area (Å²) >= 11 is 0. The highest BCUT2D eigenvalue weighted by molar-refractivity contribution is 4.65. The zero-order chi connectivity index (χ0) is 12.5. The SMILES string of the molecule is C=CC[N+](CC)(CC)C(C)O.O=[N+]([O-])[O-]. The summed E-state index contributed by atoms with van der Waals surface area (Å²) in [6.45, 7) is 12.5. The standard InChI is InChI=1S/C9H20NO.NO3/c1-5-8-10(6-2,7-3)9(4)11;2-1(3)4/h5,9,11H,1,6-8H2,2-4H3;/q+1;-1. The topological polar surface area (TPSA) is 86.4 Å². The summed E-state index contributed by atoms with van der Waals surface area (Å²) in [5.41, 5.74) is 0. The van der Waals surface area contributed by atoms with Gasteiger partial charge in [-0.3, -0.25) is 4.48 Å². The normalized spacial score (nSPS) is 12.3. The molecule has 0 aliphatic heterocycles. The van der Waals surface area contributed by atoms with E-state index in [1.165, 1.54) is 0 Å². The fourth-order valence-corrected chi connectivity index (χ4v) is 1.42. The van der Waals surface area contributed by atoms with Crippen molar-refractivity contribution in [1.82, 2.24) is 0 Å². The Hall–Kier alpha value is -1.14. The molecule has 0 fully saturated rings. The lowest BCUT2D eigenvalue weighted by Gasteiger charge is -2.38. The van der Waals surface area contributed by atoms with Gasteiger partial charge in [-0.15, -0.1) is 0 Å². The predicted molar refractivity (Wildman–Crippen MR) is 58.4 cm³/mol. The van der Waals surface area contributed by atoms with Crippen molar-refractivity contribution in [3.05, 3.63) is 28.0 Å². The summed E-state index contributed by atoms with van der Waals surface area (Å²) in [6, 6.07) is 0. The molecule has 0 saturated carbocycles. The Morgan fingerprint density at radius 2 is 1.80 bits per heavy atom. The van der Waals surface area contributed by atoms with E-state index in [1.807, 2.05) is 13.0 Å². The van der Waals surface area contributed by atoms with Gasteiger partial charge in [0.05, 0.1) is 24.7 Å². The number of rotatable bonds is 5. The molecule has 0 aliphatic carbocycles. The molecule has 0 saturated heterocycles. The molecule has 0 amide bonds. The lowest BCUT2D eigenvalue weighted by Crippen LogP contribution is -2.54. The van der Waals surface area contributed by atoms with Gasteiger partial charge >= 0.3 is 0 Å². The maximum Gasteiger partial charge on any atom is 0.187 e. The van der Waals surface area contributed by atoms with E-state index in [0.717, 1.165) is 24.1 Å². The van der Waals surface area contributed by atoms with Crippen molar-refractivity contribution >= 4 is 0 Å². The number of aliphatic hydroxyl groups is 1. The Bertz CT molecular complexity index is 187. The van der Waals surface area contributed by atoms with Crippen LogP contribution in [0, 0.1) is 15.3 Å². The summed E-state index contributed by atoms with van der Waals surface area (Å²) in [6.07, 6.45) is 1.59. The summed E-state index contributed by atoms with van der Waals surface area (Å²) in [5.74, 6) is 0. The van der Waals surface area contributed by atoms with Gasteiger partial charge in [-0.05, 0) is 19.9 Å². The fourth-order valence-electron chi connectivity index (χ4n) is 1.42. The first kappa shape index (κ1) is 16.3. The van der Waals surface area contributed by atoms with Gasteiger partial charge in [0.15, 0.2) is 6.23 Å². The van der Waals surface area contributed by atoms with Crippen LogP contribution in [0.3, 0.4) is 0 Å². The van der Waals surface area contributed by atoms with Gasteiger partial charge in [-0.1, -0.05) is 6.58 Å². The average molecular weight is 220 g/mol. The molecule has 0 bridgehead atoms. The molecule has 1 unspecified atom stereocenters. The molecule has 0 aromatic carbocycles. The summed E-state index contributed by atoms with van der Waals surface area (Å²) in [7, 11) is 0. The van der Waals surface area contributed by atoms with Crippen LogP contribution in [0.2, 0.25) is 0 Å². The summed E-state index contributed by atoms with van der Waals surface area (Å²) in [4.78, 5) is 8.25. The van der Waals surface area contributed by atoms with E-state index in [1.54, 1.807) is 0 Å². The molecule has 1 atom stereocenters. The van der Waals surface area contributed by atoms with Gasteiger partial charge in [-0.2, -0.15) is 0 Å². The molecule has 15 heavy (non-hydrogen) atoms. The van der Waals surface area contributed by atoms with Crippen molar-refractivity contribution in [2.24, 2.45) is 0 Å². The van der Waals surface area contributed by atoms with E-state index in [-0.39, 0.29) is 6.23 Å². The molecule has 0 radical (unpaired) electrons. The van der Waals surface area contributed by atoms with E-state index in [9.17, 15) is 5.11 Å². The number of likely N-dealkylation sites (N-methyl/N-ethyl adjacent to an activating group) is 1. The van der Waals surface area contributed by atoms with E-state index in [0.29, 0.717) is 0 Å². The van der Waals surface area contributed by atoms with Gasteiger partial charge in [0, 0.05) is 6.92 Å². The molecule has 6 heteroatoms. The van der Waals surface area contributed by atoms with E-state index < -0.39 is 5.09 Å². The maximum atomic E-state index is 9.52. The van der Waals surface area contributed by atoms with Crippen LogP contribution in [0.4, 0.5) is 0 Å². The second kappa shape index (κ2) is 8.19. The quantitative estimate of drug-likeness (QED) is 0.247. The number of aliphatic hydroxyl groups excluding tert-OH is 1. The molecule has 0 aromatic rings.